The minimum absolute atomic E-state index is 0.0932. The van der Waals surface area contributed by atoms with Crippen LogP contribution in [0.3, 0.4) is 0 Å². The molecule has 9 heteroatoms. The predicted octanol–water partition coefficient (Wildman–Crippen LogP) is 0.252. The van der Waals surface area contributed by atoms with Crippen molar-refractivity contribution in [2.45, 2.75) is 12.1 Å². The van der Waals surface area contributed by atoms with E-state index in [4.69, 9.17) is 0 Å². The maximum absolute atomic E-state index is 11.7. The van der Waals surface area contributed by atoms with Crippen LogP contribution in [-0.2, 0) is 0 Å². The molecule has 2 aromatic heterocycles. The SMILES string of the molecule is CCSc1n[nH]c(NC(=O)c2ccc(=O)[nH]n2)n1. The number of carbonyl (C=O) groups excluding carboxylic acids is 1. The fourth-order valence-corrected chi connectivity index (χ4v) is 1.66. The minimum atomic E-state index is -0.476. The van der Waals surface area contributed by atoms with Crippen LogP contribution in [0.2, 0.25) is 0 Å². The molecule has 0 aliphatic rings. The zero-order chi connectivity index (χ0) is 13.0. The van der Waals surface area contributed by atoms with E-state index < -0.39 is 5.91 Å². The summed E-state index contributed by atoms with van der Waals surface area (Å²) in [5, 5.41) is 15.3. The second kappa shape index (κ2) is 5.45. The van der Waals surface area contributed by atoms with Crippen molar-refractivity contribution >= 4 is 23.6 Å². The van der Waals surface area contributed by atoms with Gasteiger partial charge in [-0.05, 0) is 11.8 Å². The molecule has 1 amide bonds. The molecule has 0 spiro atoms. The van der Waals surface area contributed by atoms with Crippen LogP contribution in [0.4, 0.5) is 5.95 Å². The number of aromatic nitrogens is 5. The largest absolute Gasteiger partial charge is 0.289 e. The fraction of sp³-hybridized carbons (Fsp3) is 0.222. The summed E-state index contributed by atoms with van der Waals surface area (Å²) < 4.78 is 0. The first-order chi connectivity index (χ1) is 8.69. The lowest BCUT2D eigenvalue weighted by Crippen LogP contribution is -2.18. The van der Waals surface area contributed by atoms with Crippen molar-refractivity contribution in [1.82, 2.24) is 25.4 Å². The molecule has 0 saturated heterocycles. The Morgan fingerprint density at radius 3 is 2.89 bits per heavy atom. The molecule has 0 radical (unpaired) electrons. The molecule has 18 heavy (non-hydrogen) atoms. The third kappa shape index (κ3) is 2.94. The number of H-pyrrole nitrogens is 2. The molecule has 3 N–H and O–H groups in total. The molecule has 0 aliphatic heterocycles. The van der Waals surface area contributed by atoms with Crippen LogP contribution < -0.4 is 10.9 Å². The van der Waals surface area contributed by atoms with Gasteiger partial charge >= 0.3 is 0 Å². The number of thioether (sulfide) groups is 1. The van der Waals surface area contributed by atoms with Crippen LogP contribution in [0.25, 0.3) is 0 Å². The number of nitrogens with one attached hydrogen (secondary N) is 3. The van der Waals surface area contributed by atoms with Gasteiger partial charge in [0.05, 0.1) is 0 Å². The van der Waals surface area contributed by atoms with Gasteiger partial charge in [-0.2, -0.15) is 10.1 Å². The van der Waals surface area contributed by atoms with E-state index in [0.717, 1.165) is 5.75 Å². The summed E-state index contributed by atoms with van der Waals surface area (Å²) in [4.78, 5) is 26.5. The minimum Gasteiger partial charge on any atom is -0.289 e. The zero-order valence-electron chi connectivity index (χ0n) is 9.43. The second-order valence-corrected chi connectivity index (χ2v) is 4.39. The topological polar surface area (TPSA) is 116 Å². The Bertz CT molecular complexity index is 587. The van der Waals surface area contributed by atoms with Gasteiger partial charge in [-0.15, -0.1) is 5.10 Å². The molecule has 2 heterocycles. The Hall–Kier alpha value is -2.16. The first-order valence-electron chi connectivity index (χ1n) is 5.11. The van der Waals surface area contributed by atoms with E-state index in [-0.39, 0.29) is 17.2 Å². The van der Waals surface area contributed by atoms with Gasteiger partial charge in [0, 0.05) is 6.07 Å². The molecule has 0 fully saturated rings. The van der Waals surface area contributed by atoms with E-state index in [1.165, 1.54) is 23.9 Å². The summed E-state index contributed by atoms with van der Waals surface area (Å²) >= 11 is 1.45. The standard InChI is InChI=1S/C9H10N6O2S/c1-2-18-9-11-8(14-15-9)10-7(17)5-3-4-6(16)13-12-5/h3-4H,2H2,1H3,(H,13,16)(H2,10,11,14,15,17). The molecule has 94 valence electrons. The van der Waals surface area contributed by atoms with E-state index in [0.29, 0.717) is 5.16 Å². The molecule has 0 atom stereocenters. The van der Waals surface area contributed by atoms with Crippen molar-refractivity contribution in [1.29, 1.82) is 0 Å². The highest BCUT2D eigenvalue weighted by atomic mass is 32.2. The number of hydrogen-bond acceptors (Lipinski definition) is 6. The number of rotatable bonds is 4. The molecule has 2 rings (SSSR count). The van der Waals surface area contributed by atoms with Crippen molar-refractivity contribution in [2.75, 3.05) is 11.1 Å². The van der Waals surface area contributed by atoms with Crippen LogP contribution in [0.1, 0.15) is 17.4 Å². The van der Waals surface area contributed by atoms with E-state index in [1.807, 2.05) is 6.92 Å². The fourth-order valence-electron chi connectivity index (χ4n) is 1.14. The van der Waals surface area contributed by atoms with Crippen LogP contribution in [0.5, 0.6) is 0 Å². The number of hydrogen-bond donors (Lipinski definition) is 3. The number of anilines is 1. The van der Waals surface area contributed by atoms with Crippen LogP contribution >= 0.6 is 11.8 Å². The lowest BCUT2D eigenvalue weighted by Gasteiger charge is -1.98. The monoisotopic (exact) mass is 266 g/mol. The molecule has 2 aromatic rings. The van der Waals surface area contributed by atoms with Gasteiger partial charge in [0.25, 0.3) is 11.5 Å². The van der Waals surface area contributed by atoms with Gasteiger partial charge in [-0.25, -0.2) is 10.2 Å². The zero-order valence-corrected chi connectivity index (χ0v) is 10.2. The highest BCUT2D eigenvalue weighted by Crippen LogP contribution is 2.12. The first-order valence-corrected chi connectivity index (χ1v) is 6.10. The Labute approximate surface area is 106 Å². The maximum Gasteiger partial charge on any atom is 0.278 e. The lowest BCUT2D eigenvalue weighted by atomic mass is 10.4. The average Bonchev–Trinajstić information content (AvgIpc) is 2.78. The smallest absolute Gasteiger partial charge is 0.278 e. The third-order valence-corrected chi connectivity index (χ3v) is 2.61. The van der Waals surface area contributed by atoms with E-state index >= 15 is 0 Å². The summed E-state index contributed by atoms with van der Waals surface area (Å²) in [6.07, 6.45) is 0. The molecule has 0 bridgehead atoms. The summed E-state index contributed by atoms with van der Waals surface area (Å²) in [5.41, 5.74) is -0.274. The number of carbonyl (C=O) groups is 1. The highest BCUT2D eigenvalue weighted by molar-refractivity contribution is 7.99. The van der Waals surface area contributed by atoms with Crippen molar-refractivity contribution in [3.8, 4) is 0 Å². The summed E-state index contributed by atoms with van der Waals surface area (Å²) in [6.45, 7) is 1.98. The second-order valence-electron chi connectivity index (χ2n) is 3.16. The Balaban J connectivity index is 2.06. The highest BCUT2D eigenvalue weighted by Gasteiger charge is 2.10. The van der Waals surface area contributed by atoms with Gasteiger partial charge in [0.1, 0.15) is 5.69 Å². The summed E-state index contributed by atoms with van der Waals surface area (Å²) in [7, 11) is 0. The normalized spacial score (nSPS) is 10.3. The van der Waals surface area contributed by atoms with E-state index in [2.05, 4.69) is 30.7 Å². The molecular formula is C9H10N6O2S. The average molecular weight is 266 g/mol. The summed E-state index contributed by atoms with van der Waals surface area (Å²) in [5.74, 6) is 0.603. The van der Waals surface area contributed by atoms with Gasteiger partial charge in [-0.3, -0.25) is 14.9 Å². The molecule has 8 nitrogen and oxygen atoms in total. The van der Waals surface area contributed by atoms with Gasteiger partial charge in [0.2, 0.25) is 11.1 Å². The van der Waals surface area contributed by atoms with Crippen molar-refractivity contribution in [2.24, 2.45) is 0 Å². The molecule has 0 aromatic carbocycles. The first kappa shape index (κ1) is 12.3. The maximum atomic E-state index is 11.7. The van der Waals surface area contributed by atoms with Crippen molar-refractivity contribution < 1.29 is 4.79 Å². The van der Waals surface area contributed by atoms with Crippen molar-refractivity contribution in [3.63, 3.8) is 0 Å². The van der Waals surface area contributed by atoms with Crippen LogP contribution in [-0.4, -0.2) is 37.0 Å². The molecular weight excluding hydrogens is 256 g/mol. The third-order valence-electron chi connectivity index (χ3n) is 1.88. The van der Waals surface area contributed by atoms with E-state index in [9.17, 15) is 9.59 Å². The van der Waals surface area contributed by atoms with Crippen molar-refractivity contribution in [3.05, 3.63) is 28.2 Å². The van der Waals surface area contributed by atoms with Gasteiger partial charge in [-0.1, -0.05) is 18.7 Å². The number of amides is 1. The Morgan fingerprint density at radius 1 is 1.39 bits per heavy atom. The predicted molar refractivity (Wildman–Crippen MR) is 65.6 cm³/mol. The van der Waals surface area contributed by atoms with Gasteiger partial charge < -0.3 is 0 Å². The quantitative estimate of drug-likeness (QED) is 0.683. The lowest BCUT2D eigenvalue weighted by molar-refractivity contribution is 0.102. The van der Waals surface area contributed by atoms with Crippen LogP contribution in [0.15, 0.2) is 22.1 Å². The number of aromatic amines is 2. The number of nitrogens with zero attached hydrogens (tertiary/aromatic N) is 3. The summed E-state index contributed by atoms with van der Waals surface area (Å²) in [6, 6.07) is 2.55. The van der Waals surface area contributed by atoms with Crippen LogP contribution in [0, 0.1) is 0 Å². The molecule has 0 aliphatic carbocycles. The van der Waals surface area contributed by atoms with E-state index in [1.54, 1.807) is 0 Å². The molecule has 0 unspecified atom stereocenters. The Morgan fingerprint density at radius 2 is 2.22 bits per heavy atom. The van der Waals surface area contributed by atoms with Gasteiger partial charge in [0.15, 0.2) is 0 Å². The molecule has 0 saturated carbocycles. The Kier molecular flexibility index (Phi) is 3.72.